The van der Waals surface area contributed by atoms with Gasteiger partial charge in [-0.1, -0.05) is 6.07 Å². The first-order chi connectivity index (χ1) is 10.1. The van der Waals surface area contributed by atoms with Crippen molar-refractivity contribution in [3.8, 4) is 0 Å². The number of hydrogen-bond donors (Lipinski definition) is 2. The predicted octanol–water partition coefficient (Wildman–Crippen LogP) is 2.02. The lowest BCUT2D eigenvalue weighted by Crippen LogP contribution is -2.33. The van der Waals surface area contributed by atoms with Crippen LogP contribution >= 0.6 is 0 Å². The SMILES string of the molecule is Cc1ccc(N)cc1NC(=O)CCCN(C)C1CCOC1. The maximum Gasteiger partial charge on any atom is 0.224 e. The van der Waals surface area contributed by atoms with E-state index in [4.69, 9.17) is 10.5 Å². The highest BCUT2D eigenvalue weighted by Crippen LogP contribution is 2.18. The molecule has 0 bridgehead atoms. The molecule has 0 aromatic heterocycles. The number of carbonyl (C=O) groups excluding carboxylic acids is 1. The number of benzene rings is 1. The van der Waals surface area contributed by atoms with Gasteiger partial charge in [0, 0.05) is 30.4 Å². The number of nitrogens with two attached hydrogens (primary N) is 1. The minimum atomic E-state index is 0.0415. The topological polar surface area (TPSA) is 67.6 Å². The van der Waals surface area contributed by atoms with Crippen LogP contribution in [0, 0.1) is 6.92 Å². The third kappa shape index (κ3) is 4.72. The molecule has 0 saturated carbocycles. The van der Waals surface area contributed by atoms with Gasteiger partial charge in [0.25, 0.3) is 0 Å². The van der Waals surface area contributed by atoms with E-state index in [1.807, 2.05) is 19.1 Å². The third-order valence-corrected chi connectivity index (χ3v) is 3.98. The number of carbonyl (C=O) groups is 1. The molecule has 1 atom stereocenters. The molecule has 5 nitrogen and oxygen atoms in total. The highest BCUT2D eigenvalue weighted by molar-refractivity contribution is 5.91. The van der Waals surface area contributed by atoms with E-state index in [9.17, 15) is 4.79 Å². The van der Waals surface area contributed by atoms with E-state index < -0.39 is 0 Å². The van der Waals surface area contributed by atoms with Crippen molar-refractivity contribution in [1.82, 2.24) is 4.90 Å². The molecule has 1 aromatic rings. The molecule has 2 rings (SSSR count). The van der Waals surface area contributed by atoms with Gasteiger partial charge in [-0.2, -0.15) is 0 Å². The summed E-state index contributed by atoms with van der Waals surface area (Å²) in [4.78, 5) is 14.3. The third-order valence-electron chi connectivity index (χ3n) is 3.98. The number of aryl methyl sites for hydroxylation is 1. The number of likely N-dealkylation sites (N-methyl/N-ethyl adjacent to an activating group) is 1. The fraction of sp³-hybridized carbons (Fsp3) is 0.562. The summed E-state index contributed by atoms with van der Waals surface area (Å²) in [6.07, 6.45) is 2.46. The molecule has 1 aliphatic rings. The molecular formula is C16H25N3O2. The van der Waals surface area contributed by atoms with Crippen LogP contribution in [0.15, 0.2) is 18.2 Å². The predicted molar refractivity (Wildman–Crippen MR) is 85.3 cm³/mol. The fourth-order valence-electron chi connectivity index (χ4n) is 2.53. The van der Waals surface area contributed by atoms with Crippen LogP contribution < -0.4 is 11.1 Å². The van der Waals surface area contributed by atoms with Gasteiger partial charge in [0.15, 0.2) is 0 Å². The average Bonchev–Trinajstić information content (AvgIpc) is 2.97. The molecule has 116 valence electrons. The number of ether oxygens (including phenoxy) is 1. The summed E-state index contributed by atoms with van der Waals surface area (Å²) in [5.41, 5.74) is 8.24. The Bertz CT molecular complexity index is 484. The standard InChI is InChI=1S/C16H25N3O2/c1-12-5-6-13(17)10-15(12)18-16(20)4-3-8-19(2)14-7-9-21-11-14/h5-6,10,14H,3-4,7-9,11,17H2,1-2H3,(H,18,20). The first kappa shape index (κ1) is 15.8. The van der Waals surface area contributed by atoms with Crippen molar-refractivity contribution in [2.75, 3.05) is 37.9 Å². The quantitative estimate of drug-likeness (QED) is 0.787. The van der Waals surface area contributed by atoms with Gasteiger partial charge in [0.05, 0.1) is 6.61 Å². The molecule has 1 aromatic carbocycles. The molecule has 1 unspecified atom stereocenters. The Hall–Kier alpha value is -1.59. The van der Waals surface area contributed by atoms with Crippen LogP contribution in [-0.4, -0.2) is 43.7 Å². The van der Waals surface area contributed by atoms with Gasteiger partial charge in [0.2, 0.25) is 5.91 Å². The molecular weight excluding hydrogens is 266 g/mol. The summed E-state index contributed by atoms with van der Waals surface area (Å²) in [6, 6.07) is 6.06. The molecule has 1 fully saturated rings. The molecule has 3 N–H and O–H groups in total. The van der Waals surface area contributed by atoms with Crippen LogP contribution in [-0.2, 0) is 9.53 Å². The highest BCUT2D eigenvalue weighted by Gasteiger charge is 2.19. The number of hydrogen-bond acceptors (Lipinski definition) is 4. The minimum absolute atomic E-state index is 0.0415. The average molecular weight is 291 g/mol. The van der Waals surface area contributed by atoms with Crippen molar-refractivity contribution < 1.29 is 9.53 Å². The molecule has 0 aliphatic carbocycles. The Morgan fingerprint density at radius 2 is 2.33 bits per heavy atom. The van der Waals surface area contributed by atoms with Crippen LogP contribution in [0.1, 0.15) is 24.8 Å². The first-order valence-corrected chi connectivity index (χ1v) is 7.50. The Morgan fingerprint density at radius 1 is 1.52 bits per heavy atom. The summed E-state index contributed by atoms with van der Waals surface area (Å²) in [5.74, 6) is 0.0415. The van der Waals surface area contributed by atoms with Crippen molar-refractivity contribution in [1.29, 1.82) is 0 Å². The molecule has 21 heavy (non-hydrogen) atoms. The highest BCUT2D eigenvalue weighted by atomic mass is 16.5. The summed E-state index contributed by atoms with van der Waals surface area (Å²) in [5, 5.41) is 2.93. The fourth-order valence-corrected chi connectivity index (χ4v) is 2.53. The smallest absolute Gasteiger partial charge is 0.224 e. The van der Waals surface area contributed by atoms with E-state index in [2.05, 4.69) is 17.3 Å². The second-order valence-electron chi connectivity index (χ2n) is 5.72. The van der Waals surface area contributed by atoms with E-state index in [0.717, 1.165) is 43.9 Å². The number of rotatable bonds is 6. The Labute approximate surface area is 126 Å². The van der Waals surface area contributed by atoms with E-state index in [1.165, 1.54) is 0 Å². The zero-order valence-electron chi connectivity index (χ0n) is 12.9. The molecule has 0 spiro atoms. The summed E-state index contributed by atoms with van der Waals surface area (Å²) in [6.45, 7) is 4.54. The summed E-state index contributed by atoms with van der Waals surface area (Å²) in [7, 11) is 2.10. The normalized spacial score (nSPS) is 18.1. The Morgan fingerprint density at radius 3 is 3.05 bits per heavy atom. The van der Waals surface area contributed by atoms with Gasteiger partial charge >= 0.3 is 0 Å². The molecule has 1 heterocycles. The van der Waals surface area contributed by atoms with Crippen LogP contribution in [0.4, 0.5) is 11.4 Å². The summed E-state index contributed by atoms with van der Waals surface area (Å²) < 4.78 is 5.38. The maximum absolute atomic E-state index is 12.0. The number of anilines is 2. The van der Waals surface area contributed by atoms with Gasteiger partial charge in [-0.15, -0.1) is 0 Å². The monoisotopic (exact) mass is 291 g/mol. The van der Waals surface area contributed by atoms with Gasteiger partial charge in [-0.3, -0.25) is 4.79 Å². The second-order valence-corrected chi connectivity index (χ2v) is 5.72. The van der Waals surface area contributed by atoms with Crippen molar-refractivity contribution in [3.05, 3.63) is 23.8 Å². The van der Waals surface area contributed by atoms with E-state index >= 15 is 0 Å². The Kier molecular flexibility index (Phi) is 5.59. The molecule has 5 heteroatoms. The molecule has 1 aliphatic heterocycles. The zero-order chi connectivity index (χ0) is 15.2. The van der Waals surface area contributed by atoms with Crippen LogP contribution in [0.2, 0.25) is 0 Å². The van der Waals surface area contributed by atoms with Crippen molar-refractivity contribution in [2.45, 2.75) is 32.2 Å². The largest absolute Gasteiger partial charge is 0.399 e. The number of nitrogens with zero attached hydrogens (tertiary/aromatic N) is 1. The lowest BCUT2D eigenvalue weighted by molar-refractivity contribution is -0.116. The summed E-state index contributed by atoms with van der Waals surface area (Å²) >= 11 is 0. The van der Waals surface area contributed by atoms with E-state index in [0.29, 0.717) is 18.2 Å². The van der Waals surface area contributed by atoms with Gasteiger partial charge < -0.3 is 20.7 Å². The second kappa shape index (κ2) is 7.43. The Balaban J connectivity index is 1.73. The van der Waals surface area contributed by atoms with Crippen LogP contribution in [0.25, 0.3) is 0 Å². The van der Waals surface area contributed by atoms with E-state index in [1.54, 1.807) is 6.07 Å². The van der Waals surface area contributed by atoms with Crippen LogP contribution in [0.3, 0.4) is 0 Å². The van der Waals surface area contributed by atoms with Gasteiger partial charge in [-0.25, -0.2) is 0 Å². The minimum Gasteiger partial charge on any atom is -0.399 e. The van der Waals surface area contributed by atoms with Crippen molar-refractivity contribution in [3.63, 3.8) is 0 Å². The van der Waals surface area contributed by atoms with Crippen molar-refractivity contribution >= 4 is 17.3 Å². The number of nitrogen functional groups attached to an aromatic ring is 1. The van der Waals surface area contributed by atoms with Crippen LogP contribution in [0.5, 0.6) is 0 Å². The zero-order valence-corrected chi connectivity index (χ0v) is 12.9. The van der Waals surface area contributed by atoms with Gasteiger partial charge in [0.1, 0.15) is 0 Å². The number of amides is 1. The molecule has 1 saturated heterocycles. The van der Waals surface area contributed by atoms with Gasteiger partial charge in [-0.05, 0) is 51.1 Å². The maximum atomic E-state index is 12.0. The lowest BCUT2D eigenvalue weighted by atomic mass is 10.1. The van der Waals surface area contributed by atoms with E-state index in [-0.39, 0.29) is 5.91 Å². The molecule has 0 radical (unpaired) electrons. The van der Waals surface area contributed by atoms with Crippen molar-refractivity contribution in [2.24, 2.45) is 0 Å². The molecule has 1 amide bonds. The lowest BCUT2D eigenvalue weighted by Gasteiger charge is -2.22. The number of nitrogens with one attached hydrogen (secondary N) is 1. The first-order valence-electron chi connectivity index (χ1n) is 7.50.